The Balaban J connectivity index is 1.78. The van der Waals surface area contributed by atoms with Gasteiger partial charge in [-0.05, 0) is 63.0 Å². The van der Waals surface area contributed by atoms with Gasteiger partial charge in [0.05, 0.1) is 0 Å². The van der Waals surface area contributed by atoms with Crippen LogP contribution >= 0.6 is 0 Å². The van der Waals surface area contributed by atoms with Crippen LogP contribution in [0, 0.1) is 0 Å². The lowest BCUT2D eigenvalue weighted by Gasteiger charge is -2.32. The summed E-state index contributed by atoms with van der Waals surface area (Å²) in [5, 5.41) is 9.60. The van der Waals surface area contributed by atoms with Gasteiger partial charge in [0.2, 0.25) is 0 Å². The molecule has 0 aliphatic carbocycles. The third-order valence-corrected chi connectivity index (χ3v) is 5.26. The quantitative estimate of drug-likeness (QED) is 0.866. The van der Waals surface area contributed by atoms with Crippen LogP contribution in [0.25, 0.3) is 0 Å². The maximum atomic E-state index is 9.60. The van der Waals surface area contributed by atoms with Gasteiger partial charge in [-0.25, -0.2) is 0 Å². The van der Waals surface area contributed by atoms with Crippen molar-refractivity contribution < 1.29 is 9.84 Å². The van der Waals surface area contributed by atoms with E-state index in [9.17, 15) is 5.11 Å². The minimum absolute atomic E-state index is 0.279. The molecule has 0 bridgehead atoms. The lowest BCUT2D eigenvalue weighted by Crippen LogP contribution is -2.31. The van der Waals surface area contributed by atoms with Crippen molar-refractivity contribution in [3.05, 3.63) is 65.7 Å². The van der Waals surface area contributed by atoms with Crippen LogP contribution in [0.2, 0.25) is 0 Å². The highest BCUT2D eigenvalue weighted by molar-refractivity contribution is 5.38. The molecule has 0 spiro atoms. The van der Waals surface area contributed by atoms with E-state index in [-0.39, 0.29) is 5.75 Å². The second-order valence-corrected chi connectivity index (χ2v) is 6.86. The van der Waals surface area contributed by atoms with Crippen LogP contribution in [-0.4, -0.2) is 36.2 Å². The van der Waals surface area contributed by atoms with Crippen LogP contribution in [0.1, 0.15) is 37.3 Å². The fraction of sp³-hybridized carbons (Fsp3) is 0.429. The Kier molecular flexibility index (Phi) is 5.22. The molecule has 2 atom stereocenters. The second kappa shape index (κ2) is 7.37. The first-order chi connectivity index (χ1) is 11.6. The molecule has 0 aromatic heterocycles. The molecule has 1 heterocycles. The fourth-order valence-electron chi connectivity index (χ4n) is 3.61. The molecule has 0 radical (unpaired) electrons. The number of phenols is 1. The van der Waals surface area contributed by atoms with E-state index in [2.05, 4.69) is 31.0 Å². The van der Waals surface area contributed by atoms with Gasteiger partial charge in [0.25, 0.3) is 0 Å². The van der Waals surface area contributed by atoms with Crippen LogP contribution < -0.4 is 0 Å². The summed E-state index contributed by atoms with van der Waals surface area (Å²) in [6.07, 6.45) is 3.60. The summed E-state index contributed by atoms with van der Waals surface area (Å²) in [5.74, 6) is 0.279. The Morgan fingerprint density at radius 2 is 1.75 bits per heavy atom. The van der Waals surface area contributed by atoms with E-state index in [0.717, 1.165) is 24.2 Å². The van der Waals surface area contributed by atoms with Crippen molar-refractivity contribution in [1.29, 1.82) is 0 Å². The van der Waals surface area contributed by atoms with Crippen molar-refractivity contribution in [2.75, 3.05) is 20.2 Å². The van der Waals surface area contributed by atoms with Gasteiger partial charge in [0.15, 0.2) is 0 Å². The molecule has 1 N–H and O–H groups in total. The smallest absolute Gasteiger partial charge is 0.115 e. The minimum Gasteiger partial charge on any atom is -0.508 e. The number of nitrogens with zero attached hydrogens (tertiary/aromatic N) is 1. The average Bonchev–Trinajstić information content (AvgIpc) is 3.01. The van der Waals surface area contributed by atoms with E-state index in [1.165, 1.54) is 19.4 Å². The topological polar surface area (TPSA) is 32.7 Å². The van der Waals surface area contributed by atoms with E-state index >= 15 is 0 Å². The number of rotatable bonds is 6. The summed E-state index contributed by atoms with van der Waals surface area (Å²) in [7, 11) is 2.20. The highest BCUT2D eigenvalue weighted by Gasteiger charge is 2.30. The van der Waals surface area contributed by atoms with Gasteiger partial charge in [-0.2, -0.15) is 0 Å². The minimum atomic E-state index is -0.508. The van der Waals surface area contributed by atoms with E-state index in [1.54, 1.807) is 12.1 Å². The Hall–Kier alpha value is -1.84. The Morgan fingerprint density at radius 3 is 2.38 bits per heavy atom. The summed E-state index contributed by atoms with van der Waals surface area (Å²) in [6.45, 7) is 4.03. The Morgan fingerprint density at radius 1 is 1.08 bits per heavy atom. The molecule has 0 unspecified atom stereocenters. The number of aromatic hydroxyl groups is 1. The number of phenolic OH excluding ortho intramolecular Hbond substituents is 1. The molecule has 3 nitrogen and oxygen atoms in total. The molecular weight excluding hydrogens is 298 g/mol. The number of ether oxygens (including phenoxy) is 1. The highest BCUT2D eigenvalue weighted by atomic mass is 16.5. The first-order valence-corrected chi connectivity index (χ1v) is 8.79. The van der Waals surface area contributed by atoms with Gasteiger partial charge in [-0.1, -0.05) is 42.5 Å². The van der Waals surface area contributed by atoms with Crippen molar-refractivity contribution >= 4 is 0 Å². The molecular formula is C21H27NO2. The van der Waals surface area contributed by atoms with Crippen molar-refractivity contribution in [2.45, 2.75) is 37.8 Å². The van der Waals surface area contributed by atoms with Crippen LogP contribution in [0.5, 0.6) is 5.75 Å². The molecule has 1 saturated heterocycles. The van der Waals surface area contributed by atoms with Crippen LogP contribution in [0.3, 0.4) is 0 Å². The van der Waals surface area contributed by atoms with Crippen molar-refractivity contribution in [3.63, 3.8) is 0 Å². The largest absolute Gasteiger partial charge is 0.508 e. The van der Waals surface area contributed by atoms with Crippen LogP contribution in [0.4, 0.5) is 0 Å². The van der Waals surface area contributed by atoms with Crippen molar-refractivity contribution in [1.82, 2.24) is 4.90 Å². The predicted octanol–water partition coefficient (Wildman–Crippen LogP) is 4.16. The van der Waals surface area contributed by atoms with Gasteiger partial charge >= 0.3 is 0 Å². The molecule has 1 aliphatic heterocycles. The summed E-state index contributed by atoms with van der Waals surface area (Å²) < 4.78 is 6.44. The number of hydrogen-bond donors (Lipinski definition) is 1. The molecule has 2 aromatic rings. The molecule has 0 amide bonds. The van der Waals surface area contributed by atoms with Gasteiger partial charge in [0, 0.05) is 12.6 Å². The van der Waals surface area contributed by atoms with Crippen molar-refractivity contribution in [3.8, 4) is 5.75 Å². The van der Waals surface area contributed by atoms with Gasteiger partial charge in [-0.3, -0.25) is 0 Å². The van der Waals surface area contributed by atoms with E-state index in [1.807, 2.05) is 30.3 Å². The summed E-state index contributed by atoms with van der Waals surface area (Å²) in [4.78, 5) is 2.43. The normalized spacial score (nSPS) is 20.8. The third-order valence-electron chi connectivity index (χ3n) is 5.26. The summed E-state index contributed by atoms with van der Waals surface area (Å²) in [6, 6.07) is 18.3. The zero-order chi connectivity index (χ0) is 17.0. The number of benzene rings is 2. The molecule has 0 saturated carbocycles. The number of hydrogen-bond acceptors (Lipinski definition) is 3. The molecule has 24 heavy (non-hydrogen) atoms. The monoisotopic (exact) mass is 325 g/mol. The zero-order valence-corrected chi connectivity index (χ0v) is 14.6. The van der Waals surface area contributed by atoms with E-state index in [4.69, 9.17) is 4.74 Å². The maximum Gasteiger partial charge on any atom is 0.115 e. The Labute approximate surface area is 144 Å². The van der Waals surface area contributed by atoms with Crippen LogP contribution in [0.15, 0.2) is 54.6 Å². The third kappa shape index (κ3) is 3.63. The second-order valence-electron chi connectivity index (χ2n) is 6.86. The fourth-order valence-corrected chi connectivity index (χ4v) is 3.61. The zero-order valence-electron chi connectivity index (χ0n) is 14.6. The van der Waals surface area contributed by atoms with Gasteiger partial charge in [0.1, 0.15) is 11.4 Å². The summed E-state index contributed by atoms with van der Waals surface area (Å²) >= 11 is 0. The number of likely N-dealkylation sites (tertiary alicyclic amines) is 1. The molecule has 1 aliphatic rings. The van der Waals surface area contributed by atoms with E-state index < -0.39 is 5.60 Å². The lowest BCUT2D eigenvalue weighted by molar-refractivity contribution is -0.0117. The van der Waals surface area contributed by atoms with Crippen LogP contribution in [-0.2, 0) is 10.3 Å². The Bertz CT molecular complexity index is 641. The molecule has 2 aromatic carbocycles. The standard InChI is InChI=1S/C21H27NO2/c1-21(17-7-4-3-5-8-17,18-10-12-20(23)13-11-18)24-16-14-19-9-6-15-22(19)2/h3-5,7-8,10-13,19,23H,6,9,14-16H2,1-2H3/t19-,21-/m0/s1. The molecule has 3 rings (SSSR count). The van der Waals surface area contributed by atoms with Gasteiger partial charge < -0.3 is 14.7 Å². The first kappa shape index (κ1) is 17.0. The van der Waals surface area contributed by atoms with Crippen molar-refractivity contribution in [2.24, 2.45) is 0 Å². The lowest BCUT2D eigenvalue weighted by atomic mass is 9.88. The predicted molar refractivity (Wildman–Crippen MR) is 97.2 cm³/mol. The maximum absolute atomic E-state index is 9.60. The van der Waals surface area contributed by atoms with Gasteiger partial charge in [-0.15, -0.1) is 0 Å². The summed E-state index contributed by atoms with van der Waals surface area (Å²) in [5.41, 5.74) is 1.69. The highest BCUT2D eigenvalue weighted by Crippen LogP contribution is 2.34. The molecule has 3 heteroatoms. The first-order valence-electron chi connectivity index (χ1n) is 8.79. The average molecular weight is 325 g/mol. The molecule has 1 fully saturated rings. The molecule has 128 valence electrons. The van der Waals surface area contributed by atoms with E-state index in [0.29, 0.717) is 6.04 Å². The SMILES string of the molecule is CN1CCC[C@H]1CCO[C@@](C)(c1ccccc1)c1ccc(O)cc1.